The van der Waals surface area contributed by atoms with Crippen molar-refractivity contribution < 1.29 is 28.6 Å². The summed E-state index contributed by atoms with van der Waals surface area (Å²) >= 11 is 0. The van der Waals surface area contributed by atoms with Crippen LogP contribution in [0.15, 0.2) is 36.4 Å². The molecule has 0 radical (unpaired) electrons. The summed E-state index contributed by atoms with van der Waals surface area (Å²) < 4.78 is 16.7. The minimum Gasteiger partial charge on any atom is -0.493 e. The van der Waals surface area contributed by atoms with Gasteiger partial charge in [0, 0.05) is 23.6 Å². The number of carbonyl (C=O) groups excluding carboxylic acids is 3. The molecule has 1 N–H and O–H groups in total. The quantitative estimate of drug-likeness (QED) is 0.301. The Morgan fingerprint density at radius 2 is 1.42 bits per heavy atom. The summed E-state index contributed by atoms with van der Waals surface area (Å²) in [5.74, 6) is 0.772. The molecule has 7 nitrogen and oxygen atoms in total. The molecule has 2 rings (SSSR count). The van der Waals surface area contributed by atoms with Gasteiger partial charge in [0.15, 0.2) is 5.78 Å². The Morgan fingerprint density at radius 1 is 0.806 bits per heavy atom. The second kappa shape index (κ2) is 13.7. The maximum atomic E-state index is 13.6. The molecule has 0 aliphatic rings. The van der Waals surface area contributed by atoms with Gasteiger partial charge in [-0.3, -0.25) is 14.4 Å². The van der Waals surface area contributed by atoms with Crippen LogP contribution in [0.25, 0.3) is 0 Å². The van der Waals surface area contributed by atoms with Gasteiger partial charge in [0.25, 0.3) is 5.91 Å². The van der Waals surface area contributed by atoms with Crippen LogP contribution in [0, 0.1) is 11.8 Å². The number of carbonyl (C=O) groups is 3. The molecule has 2 aromatic carbocycles. The Bertz CT molecular complexity index is 1060. The number of nitrogens with one attached hydrogen (secondary N) is 1. The summed E-state index contributed by atoms with van der Waals surface area (Å²) in [6, 6.07) is 10.1. The second-order valence-corrected chi connectivity index (χ2v) is 9.98. The molecule has 2 aromatic rings. The SMILES string of the molecule is COC(=O)CCc1cc(C(=O)c2ccc(C(=O)NC(C)C)cc2OCC(C)C)ccc1OCC(C)C. The number of methoxy groups -OCH3 is 1. The van der Waals surface area contributed by atoms with Crippen LogP contribution in [-0.4, -0.2) is 44.0 Å². The maximum Gasteiger partial charge on any atom is 0.305 e. The van der Waals surface area contributed by atoms with Gasteiger partial charge in [-0.05, 0) is 74.1 Å². The number of hydrogen-bond acceptors (Lipinski definition) is 6. The normalized spacial score (nSPS) is 11.1. The number of ketones is 1. The molecule has 0 unspecified atom stereocenters. The van der Waals surface area contributed by atoms with Crippen molar-refractivity contribution in [2.24, 2.45) is 11.8 Å². The number of hydrogen-bond donors (Lipinski definition) is 1. The van der Waals surface area contributed by atoms with Gasteiger partial charge in [0.2, 0.25) is 0 Å². The average molecular weight is 498 g/mol. The zero-order valence-corrected chi connectivity index (χ0v) is 22.5. The van der Waals surface area contributed by atoms with Crippen molar-refractivity contribution in [1.29, 1.82) is 0 Å². The minimum absolute atomic E-state index is 0.0151. The fourth-order valence-corrected chi connectivity index (χ4v) is 3.38. The summed E-state index contributed by atoms with van der Waals surface area (Å²) in [5, 5.41) is 2.86. The van der Waals surface area contributed by atoms with Crippen molar-refractivity contribution >= 4 is 17.7 Å². The summed E-state index contributed by atoms with van der Waals surface area (Å²) in [7, 11) is 1.35. The number of aryl methyl sites for hydroxylation is 1. The molecule has 0 heterocycles. The fraction of sp³-hybridized carbons (Fsp3) is 0.483. The van der Waals surface area contributed by atoms with Gasteiger partial charge in [-0.15, -0.1) is 0 Å². The third-order valence-corrected chi connectivity index (χ3v) is 5.20. The van der Waals surface area contributed by atoms with Crippen molar-refractivity contribution in [1.82, 2.24) is 5.32 Å². The topological polar surface area (TPSA) is 90.9 Å². The van der Waals surface area contributed by atoms with Crippen LogP contribution >= 0.6 is 0 Å². The van der Waals surface area contributed by atoms with Crippen molar-refractivity contribution in [3.63, 3.8) is 0 Å². The molecule has 36 heavy (non-hydrogen) atoms. The molecule has 7 heteroatoms. The van der Waals surface area contributed by atoms with Gasteiger partial charge in [0.05, 0.1) is 25.9 Å². The third kappa shape index (κ3) is 8.70. The first kappa shape index (κ1) is 28.9. The van der Waals surface area contributed by atoms with Crippen LogP contribution in [0.5, 0.6) is 11.5 Å². The second-order valence-electron chi connectivity index (χ2n) is 9.98. The highest BCUT2D eigenvalue weighted by Crippen LogP contribution is 2.28. The summed E-state index contributed by atoms with van der Waals surface area (Å²) in [4.78, 5) is 37.9. The number of rotatable bonds is 13. The van der Waals surface area contributed by atoms with E-state index in [-0.39, 0.29) is 36.0 Å². The van der Waals surface area contributed by atoms with E-state index in [4.69, 9.17) is 14.2 Å². The minimum atomic E-state index is -0.332. The molecular weight excluding hydrogens is 458 g/mol. The molecule has 0 fully saturated rings. The fourth-order valence-electron chi connectivity index (χ4n) is 3.38. The van der Waals surface area contributed by atoms with Crippen molar-refractivity contribution in [3.05, 3.63) is 58.7 Å². The predicted octanol–water partition coefficient (Wildman–Crippen LogP) is 5.23. The highest BCUT2D eigenvalue weighted by molar-refractivity contribution is 6.11. The Hall–Kier alpha value is -3.35. The van der Waals surface area contributed by atoms with E-state index < -0.39 is 0 Å². The Balaban J connectivity index is 2.44. The molecule has 0 aromatic heterocycles. The summed E-state index contributed by atoms with van der Waals surface area (Å²) in [6.45, 7) is 12.8. The number of ether oxygens (including phenoxy) is 3. The standard InChI is InChI=1S/C29H39NO6/c1-18(2)16-35-25-12-9-22(14-21(25)10-13-27(31)34-7)28(32)24-11-8-23(29(33)30-20(5)6)15-26(24)36-17-19(3)4/h8-9,11-12,14-15,18-20H,10,13,16-17H2,1-7H3,(H,30,33). The molecule has 0 atom stereocenters. The third-order valence-electron chi connectivity index (χ3n) is 5.20. The Morgan fingerprint density at radius 3 is 2.00 bits per heavy atom. The highest BCUT2D eigenvalue weighted by atomic mass is 16.5. The van der Waals surface area contributed by atoms with Crippen LogP contribution in [0.2, 0.25) is 0 Å². The van der Waals surface area contributed by atoms with E-state index >= 15 is 0 Å². The largest absolute Gasteiger partial charge is 0.493 e. The van der Waals surface area contributed by atoms with Crippen molar-refractivity contribution in [2.45, 2.75) is 60.4 Å². The van der Waals surface area contributed by atoms with Gasteiger partial charge in [-0.1, -0.05) is 27.7 Å². The van der Waals surface area contributed by atoms with Gasteiger partial charge < -0.3 is 19.5 Å². The Labute approximate surface area is 214 Å². The van der Waals surface area contributed by atoms with Gasteiger partial charge in [-0.25, -0.2) is 0 Å². The predicted molar refractivity (Wildman–Crippen MR) is 140 cm³/mol. The number of amides is 1. The lowest BCUT2D eigenvalue weighted by molar-refractivity contribution is -0.140. The number of esters is 1. The van der Waals surface area contributed by atoms with E-state index in [0.29, 0.717) is 53.7 Å². The van der Waals surface area contributed by atoms with E-state index in [1.165, 1.54) is 7.11 Å². The molecule has 0 saturated heterocycles. The highest BCUT2D eigenvalue weighted by Gasteiger charge is 2.20. The summed E-state index contributed by atoms with van der Waals surface area (Å²) in [5.41, 5.74) is 1.99. The van der Waals surface area contributed by atoms with Crippen LogP contribution in [0.4, 0.5) is 0 Å². The smallest absolute Gasteiger partial charge is 0.305 e. The molecule has 196 valence electrons. The van der Waals surface area contributed by atoms with Crippen molar-refractivity contribution in [2.75, 3.05) is 20.3 Å². The van der Waals surface area contributed by atoms with E-state index in [1.54, 1.807) is 36.4 Å². The first-order valence-corrected chi connectivity index (χ1v) is 12.5. The Kier molecular flexibility index (Phi) is 11.0. The zero-order chi connectivity index (χ0) is 26.8. The first-order chi connectivity index (χ1) is 17.0. The zero-order valence-electron chi connectivity index (χ0n) is 22.5. The van der Waals surface area contributed by atoms with Crippen LogP contribution in [-0.2, 0) is 16.0 Å². The lowest BCUT2D eigenvalue weighted by atomic mass is 9.97. The molecule has 0 aliphatic carbocycles. The molecule has 0 spiro atoms. The lowest BCUT2D eigenvalue weighted by Gasteiger charge is -2.17. The maximum absolute atomic E-state index is 13.6. The molecule has 0 saturated carbocycles. The lowest BCUT2D eigenvalue weighted by Crippen LogP contribution is -2.30. The molecule has 1 amide bonds. The monoisotopic (exact) mass is 497 g/mol. The summed E-state index contributed by atoms with van der Waals surface area (Å²) in [6.07, 6.45) is 0.556. The van der Waals surface area contributed by atoms with E-state index in [0.717, 1.165) is 5.56 Å². The molecule has 0 bridgehead atoms. The van der Waals surface area contributed by atoms with Gasteiger partial charge >= 0.3 is 5.97 Å². The van der Waals surface area contributed by atoms with Crippen LogP contribution in [0.3, 0.4) is 0 Å². The van der Waals surface area contributed by atoms with E-state index in [2.05, 4.69) is 19.2 Å². The van der Waals surface area contributed by atoms with Gasteiger partial charge in [-0.2, -0.15) is 0 Å². The van der Waals surface area contributed by atoms with Crippen molar-refractivity contribution in [3.8, 4) is 11.5 Å². The first-order valence-electron chi connectivity index (χ1n) is 12.5. The van der Waals surface area contributed by atoms with E-state index in [9.17, 15) is 14.4 Å². The van der Waals surface area contributed by atoms with Gasteiger partial charge in [0.1, 0.15) is 11.5 Å². The average Bonchev–Trinajstić information content (AvgIpc) is 2.83. The molecular formula is C29H39NO6. The van der Waals surface area contributed by atoms with Crippen LogP contribution < -0.4 is 14.8 Å². The molecule has 0 aliphatic heterocycles. The van der Waals surface area contributed by atoms with E-state index in [1.807, 2.05) is 27.7 Å². The van der Waals surface area contributed by atoms with Crippen LogP contribution in [0.1, 0.15) is 79.8 Å². The number of benzene rings is 2.